The Labute approximate surface area is 166 Å². The molecular weight excluding hydrogens is 386 g/mol. The van der Waals surface area contributed by atoms with Crippen LogP contribution in [0.3, 0.4) is 0 Å². The first-order chi connectivity index (χ1) is 12.7. The Hall–Kier alpha value is -2.23. The van der Waals surface area contributed by atoms with Crippen molar-refractivity contribution in [3.63, 3.8) is 0 Å². The van der Waals surface area contributed by atoms with Crippen molar-refractivity contribution in [1.29, 1.82) is 0 Å². The predicted octanol–water partition coefficient (Wildman–Crippen LogP) is 1.69. The molecule has 8 nitrogen and oxygen atoms in total. The van der Waals surface area contributed by atoms with E-state index < -0.39 is 21.7 Å². The third kappa shape index (κ3) is 13.0. The van der Waals surface area contributed by atoms with Gasteiger partial charge in [0.05, 0.1) is 11.5 Å². The lowest BCUT2D eigenvalue weighted by Gasteiger charge is -2.19. The van der Waals surface area contributed by atoms with Gasteiger partial charge in [-0.05, 0) is 52.8 Å². The number of ether oxygens (including phenoxy) is 2. The van der Waals surface area contributed by atoms with Crippen LogP contribution in [0.4, 0.5) is 0 Å². The van der Waals surface area contributed by atoms with E-state index in [2.05, 4.69) is 5.73 Å². The second-order valence-electron chi connectivity index (χ2n) is 6.95. The lowest BCUT2D eigenvalue weighted by atomic mass is 10.1. The fourth-order valence-electron chi connectivity index (χ4n) is 1.78. The highest BCUT2D eigenvalue weighted by Crippen LogP contribution is 2.09. The zero-order chi connectivity index (χ0) is 22.0. The normalized spacial score (nSPS) is 12.7. The van der Waals surface area contributed by atoms with E-state index in [4.69, 9.17) is 14.0 Å². The number of quaternary nitrogens is 1. The molecule has 28 heavy (non-hydrogen) atoms. The van der Waals surface area contributed by atoms with Gasteiger partial charge < -0.3 is 15.2 Å². The van der Waals surface area contributed by atoms with Gasteiger partial charge in [-0.25, -0.2) is 4.79 Å². The van der Waals surface area contributed by atoms with Gasteiger partial charge in [-0.1, -0.05) is 17.7 Å². The molecule has 4 N–H and O–H groups in total. The van der Waals surface area contributed by atoms with Crippen molar-refractivity contribution in [3.8, 4) is 0 Å². The Bertz CT molecular complexity index is 762. The number of rotatable bonds is 6. The van der Waals surface area contributed by atoms with Crippen LogP contribution in [0, 0.1) is 6.92 Å². The van der Waals surface area contributed by atoms with Crippen LogP contribution in [0.15, 0.2) is 41.3 Å². The summed E-state index contributed by atoms with van der Waals surface area (Å²) in [4.78, 5) is 22.4. The maximum absolute atomic E-state index is 11.4. The van der Waals surface area contributed by atoms with Crippen molar-refractivity contribution < 1.29 is 37.8 Å². The van der Waals surface area contributed by atoms with E-state index in [0.717, 1.165) is 5.56 Å². The summed E-state index contributed by atoms with van der Waals surface area (Å²) in [7, 11) is -4.02. The average Bonchev–Trinajstić information content (AvgIpc) is 2.51. The summed E-state index contributed by atoms with van der Waals surface area (Å²) in [6.07, 6.45) is 2.97. The molecule has 0 amide bonds. The van der Waals surface area contributed by atoms with Crippen LogP contribution >= 0.6 is 0 Å². The summed E-state index contributed by atoms with van der Waals surface area (Å²) in [5.74, 6) is -0.753. The van der Waals surface area contributed by atoms with Gasteiger partial charge >= 0.3 is 11.9 Å². The monoisotopic (exact) mass is 416 g/mol. The number of carbonyl (C=O) groups is 2. The molecule has 0 aliphatic heterocycles. The van der Waals surface area contributed by atoms with E-state index in [0.29, 0.717) is 6.61 Å². The minimum Gasteiger partial charge on any atom is -0.463 e. The van der Waals surface area contributed by atoms with Crippen LogP contribution in [0.5, 0.6) is 0 Å². The minimum absolute atomic E-state index is 0.0666. The summed E-state index contributed by atoms with van der Waals surface area (Å²) in [5, 5.41) is 0. The Morgan fingerprint density at radius 3 is 2.18 bits per heavy atom. The molecule has 1 aromatic rings. The maximum Gasteiger partial charge on any atom is 0.330 e. The van der Waals surface area contributed by atoms with Crippen LogP contribution in [0.25, 0.3) is 0 Å². The largest absolute Gasteiger partial charge is 0.463 e. The standard InChI is InChI=1S/C12H21NO4.C7H8O3S/c1-5-16-10(14)7-6-9(13)8-11(15)17-12(2,3)4;1-6-2-4-7(5-3-6)11(8,9)10/h6-7,9H,5,8,13H2,1-4H3;2-5H,1H3,(H,8,9,10)/p+1/b7-6+;/t9-;/m1./s1. The smallest absolute Gasteiger partial charge is 0.330 e. The highest BCUT2D eigenvalue weighted by atomic mass is 32.2. The first-order valence-corrected chi connectivity index (χ1v) is 10.1. The second-order valence-corrected chi connectivity index (χ2v) is 8.37. The van der Waals surface area contributed by atoms with Crippen molar-refractivity contribution in [1.82, 2.24) is 0 Å². The predicted molar refractivity (Wildman–Crippen MR) is 104 cm³/mol. The van der Waals surface area contributed by atoms with Crippen LogP contribution in [0.1, 0.15) is 39.7 Å². The molecule has 0 aromatic heterocycles. The summed E-state index contributed by atoms with van der Waals surface area (Å²) in [6, 6.07) is 5.69. The molecule has 1 rings (SSSR count). The molecule has 158 valence electrons. The third-order valence-corrected chi connectivity index (χ3v) is 3.83. The SMILES string of the molecule is CCOC(=O)/C=C/[C@@H]([NH3+])CC(=O)OC(C)(C)C.Cc1ccc(S(=O)(=O)O)cc1. The van der Waals surface area contributed by atoms with E-state index in [1.807, 2.05) is 6.92 Å². The quantitative estimate of drug-likeness (QED) is 0.409. The van der Waals surface area contributed by atoms with Crippen molar-refractivity contribution >= 4 is 22.1 Å². The van der Waals surface area contributed by atoms with Crippen LogP contribution in [-0.2, 0) is 29.2 Å². The van der Waals surface area contributed by atoms with E-state index in [-0.39, 0.29) is 23.3 Å². The van der Waals surface area contributed by atoms with Crippen molar-refractivity contribution in [2.75, 3.05) is 6.61 Å². The zero-order valence-corrected chi connectivity index (χ0v) is 17.8. The molecule has 0 aliphatic carbocycles. The van der Waals surface area contributed by atoms with Gasteiger partial charge in [0, 0.05) is 6.08 Å². The molecule has 0 radical (unpaired) electrons. The Balaban J connectivity index is 0.000000567. The number of benzene rings is 1. The first-order valence-electron chi connectivity index (χ1n) is 8.68. The van der Waals surface area contributed by atoms with Gasteiger partial charge in [-0.15, -0.1) is 0 Å². The second kappa shape index (κ2) is 11.6. The summed E-state index contributed by atoms with van der Waals surface area (Å²) in [6.45, 7) is 9.31. The van der Waals surface area contributed by atoms with Gasteiger partial charge in [0.2, 0.25) is 0 Å². The number of aryl methyl sites for hydroxylation is 1. The fourth-order valence-corrected chi connectivity index (χ4v) is 2.26. The molecule has 1 aromatic carbocycles. The van der Waals surface area contributed by atoms with E-state index in [1.54, 1.807) is 45.9 Å². The number of carbonyl (C=O) groups excluding carboxylic acids is 2. The third-order valence-electron chi connectivity index (χ3n) is 2.96. The first kappa shape index (κ1) is 25.8. The van der Waals surface area contributed by atoms with E-state index in [9.17, 15) is 18.0 Å². The Morgan fingerprint density at radius 2 is 1.75 bits per heavy atom. The molecule has 0 saturated heterocycles. The Morgan fingerprint density at radius 1 is 1.21 bits per heavy atom. The molecule has 0 saturated carbocycles. The van der Waals surface area contributed by atoms with Gasteiger partial charge in [0.1, 0.15) is 18.1 Å². The van der Waals surface area contributed by atoms with Gasteiger partial charge in [0.25, 0.3) is 10.1 Å². The maximum atomic E-state index is 11.4. The van der Waals surface area contributed by atoms with Crippen LogP contribution in [-0.4, -0.2) is 43.2 Å². The number of hydrogen-bond acceptors (Lipinski definition) is 6. The van der Waals surface area contributed by atoms with E-state index in [1.165, 1.54) is 18.2 Å². The lowest BCUT2D eigenvalue weighted by Crippen LogP contribution is -2.60. The lowest BCUT2D eigenvalue weighted by molar-refractivity contribution is -0.402. The molecule has 0 aliphatic rings. The molecule has 1 atom stereocenters. The molecule has 0 heterocycles. The molecule has 0 fully saturated rings. The van der Waals surface area contributed by atoms with Gasteiger partial charge in [-0.3, -0.25) is 9.35 Å². The van der Waals surface area contributed by atoms with Crippen molar-refractivity contribution in [2.45, 2.75) is 57.6 Å². The molecule has 9 heteroatoms. The van der Waals surface area contributed by atoms with Gasteiger partial charge in [0.15, 0.2) is 0 Å². The molecule has 0 unspecified atom stereocenters. The van der Waals surface area contributed by atoms with Crippen molar-refractivity contribution in [3.05, 3.63) is 42.0 Å². The van der Waals surface area contributed by atoms with Crippen molar-refractivity contribution in [2.24, 2.45) is 0 Å². The molecular formula is C19H30NO7S+. The summed E-state index contributed by atoms with van der Waals surface area (Å²) < 4.78 is 39.4. The molecule has 0 bridgehead atoms. The topological polar surface area (TPSA) is 135 Å². The highest BCUT2D eigenvalue weighted by Gasteiger charge is 2.19. The fraction of sp³-hybridized carbons (Fsp3) is 0.474. The van der Waals surface area contributed by atoms with E-state index >= 15 is 0 Å². The minimum atomic E-state index is -4.02. The number of hydrogen-bond donors (Lipinski definition) is 2. The number of esters is 2. The summed E-state index contributed by atoms with van der Waals surface area (Å²) >= 11 is 0. The summed E-state index contributed by atoms with van der Waals surface area (Å²) in [5.41, 5.74) is 4.20. The van der Waals surface area contributed by atoms with Crippen LogP contribution < -0.4 is 5.73 Å². The average molecular weight is 417 g/mol. The Kier molecular flexibility index (Phi) is 10.7. The highest BCUT2D eigenvalue weighted by molar-refractivity contribution is 7.85. The molecule has 0 spiro atoms. The zero-order valence-electron chi connectivity index (χ0n) is 17.0. The van der Waals surface area contributed by atoms with Gasteiger partial charge in [-0.2, -0.15) is 8.42 Å². The van der Waals surface area contributed by atoms with Crippen LogP contribution in [0.2, 0.25) is 0 Å².